The summed E-state index contributed by atoms with van der Waals surface area (Å²) >= 11 is 0. The van der Waals surface area contributed by atoms with Crippen molar-refractivity contribution in [3.63, 3.8) is 0 Å². The number of carbonyl (C=O) groups is 1. The van der Waals surface area contributed by atoms with Gasteiger partial charge in [-0.2, -0.15) is 0 Å². The fraction of sp³-hybridized carbons (Fsp3) is 0.519. The van der Waals surface area contributed by atoms with E-state index in [1.54, 1.807) is 14.2 Å². The second-order valence-corrected chi connectivity index (χ2v) is 10.5. The number of nitrogens with zero attached hydrogens (tertiary/aromatic N) is 1. The number of halogens is 2. The Morgan fingerprint density at radius 3 is 2.49 bits per heavy atom. The van der Waals surface area contributed by atoms with Gasteiger partial charge < -0.3 is 20.1 Å². The van der Waals surface area contributed by atoms with Crippen LogP contribution in [0.2, 0.25) is 0 Å². The van der Waals surface area contributed by atoms with E-state index in [1.807, 2.05) is 6.07 Å². The zero-order chi connectivity index (χ0) is 25.4. The molecular formula is C27H35F2N3O3. The summed E-state index contributed by atoms with van der Waals surface area (Å²) in [6.45, 7) is 7.60. The van der Waals surface area contributed by atoms with Gasteiger partial charge in [-0.1, -0.05) is 6.07 Å². The maximum absolute atomic E-state index is 14.0. The molecule has 1 aliphatic heterocycles. The number of benzene rings is 2. The average Bonchev–Trinajstić information content (AvgIpc) is 3.21. The van der Waals surface area contributed by atoms with Crippen LogP contribution in [0.5, 0.6) is 11.5 Å². The summed E-state index contributed by atoms with van der Waals surface area (Å²) < 4.78 is 38.5. The summed E-state index contributed by atoms with van der Waals surface area (Å²) in [5.41, 5.74) is 0.931. The maximum Gasteiger partial charge on any atom is 0.319 e. The number of likely N-dealkylation sites (tertiary alicyclic amines) is 1. The van der Waals surface area contributed by atoms with Gasteiger partial charge in [0, 0.05) is 29.1 Å². The van der Waals surface area contributed by atoms with E-state index in [9.17, 15) is 13.6 Å². The lowest BCUT2D eigenvalue weighted by Gasteiger charge is -2.48. The van der Waals surface area contributed by atoms with E-state index in [1.165, 1.54) is 5.56 Å². The number of hydrogen-bond acceptors (Lipinski definition) is 4. The molecule has 2 fully saturated rings. The van der Waals surface area contributed by atoms with Gasteiger partial charge in [0.25, 0.3) is 0 Å². The Kier molecular flexibility index (Phi) is 6.95. The highest BCUT2D eigenvalue weighted by molar-refractivity contribution is 5.89. The molecule has 35 heavy (non-hydrogen) atoms. The predicted octanol–water partition coefficient (Wildman–Crippen LogP) is 5.47. The molecule has 1 saturated carbocycles. The van der Waals surface area contributed by atoms with Gasteiger partial charge >= 0.3 is 6.03 Å². The standard InChI is InChI=1S/C27H35F2N3O3/c1-26(2,3)32-13-12-27(17-6-9-22(34-4)23(14-17)35-5)11-10-19(16-24(27)32)30-25(33)31-21-15-18(28)7-8-20(21)29/h6-9,14-15,19,24H,10-13,16H2,1-5H3,(H2,30,31,33). The highest BCUT2D eigenvalue weighted by atomic mass is 19.1. The molecule has 8 heteroatoms. The molecule has 2 amide bonds. The van der Waals surface area contributed by atoms with E-state index >= 15 is 0 Å². The van der Waals surface area contributed by atoms with Crippen molar-refractivity contribution in [2.24, 2.45) is 0 Å². The van der Waals surface area contributed by atoms with E-state index in [2.05, 4.69) is 48.4 Å². The van der Waals surface area contributed by atoms with Gasteiger partial charge in [0.15, 0.2) is 11.5 Å². The van der Waals surface area contributed by atoms with Crippen molar-refractivity contribution in [3.05, 3.63) is 53.6 Å². The minimum absolute atomic E-state index is 0.0438. The van der Waals surface area contributed by atoms with E-state index in [0.717, 1.165) is 50.4 Å². The lowest BCUT2D eigenvalue weighted by atomic mass is 9.64. The van der Waals surface area contributed by atoms with Crippen molar-refractivity contribution in [1.29, 1.82) is 0 Å². The highest BCUT2D eigenvalue weighted by Crippen LogP contribution is 2.52. The minimum Gasteiger partial charge on any atom is -0.493 e. The van der Waals surface area contributed by atoms with Gasteiger partial charge in [-0.15, -0.1) is 0 Å². The van der Waals surface area contributed by atoms with Crippen LogP contribution in [-0.2, 0) is 5.41 Å². The predicted molar refractivity (Wildman–Crippen MR) is 132 cm³/mol. The third-order valence-electron chi connectivity index (χ3n) is 7.59. The Bertz CT molecular complexity index is 1090. The van der Waals surface area contributed by atoms with Gasteiger partial charge in [-0.3, -0.25) is 4.90 Å². The molecule has 2 N–H and O–H groups in total. The molecule has 3 unspecified atom stereocenters. The number of carbonyl (C=O) groups excluding carboxylic acids is 1. The van der Waals surface area contributed by atoms with Crippen molar-refractivity contribution in [3.8, 4) is 11.5 Å². The molecule has 0 bridgehead atoms. The second kappa shape index (κ2) is 9.64. The van der Waals surface area contributed by atoms with Gasteiger partial charge in [0.05, 0.1) is 19.9 Å². The molecule has 2 aliphatic rings. The third-order valence-corrected chi connectivity index (χ3v) is 7.59. The fourth-order valence-electron chi connectivity index (χ4n) is 5.90. The highest BCUT2D eigenvalue weighted by Gasteiger charge is 2.54. The molecule has 1 heterocycles. The molecular weight excluding hydrogens is 452 g/mol. The van der Waals surface area contributed by atoms with Crippen LogP contribution in [0.1, 0.15) is 52.0 Å². The molecule has 190 valence electrons. The van der Waals surface area contributed by atoms with Gasteiger partial charge in [-0.25, -0.2) is 13.6 Å². The number of urea groups is 1. The zero-order valence-corrected chi connectivity index (χ0v) is 21.1. The molecule has 0 spiro atoms. The second-order valence-electron chi connectivity index (χ2n) is 10.5. The summed E-state index contributed by atoms with van der Waals surface area (Å²) in [5, 5.41) is 5.46. The number of fused-ring (bicyclic) bond motifs is 1. The molecule has 0 aromatic heterocycles. The number of rotatable bonds is 5. The molecule has 2 aromatic rings. The van der Waals surface area contributed by atoms with Crippen molar-refractivity contribution >= 4 is 11.7 Å². The average molecular weight is 488 g/mol. The van der Waals surface area contributed by atoms with E-state index in [4.69, 9.17) is 9.47 Å². The number of methoxy groups -OCH3 is 2. The number of ether oxygens (including phenoxy) is 2. The van der Waals surface area contributed by atoms with Crippen LogP contribution in [0.3, 0.4) is 0 Å². The number of anilines is 1. The minimum atomic E-state index is -0.674. The van der Waals surface area contributed by atoms with Crippen LogP contribution < -0.4 is 20.1 Å². The lowest BCUT2D eigenvalue weighted by Crippen LogP contribution is -2.56. The van der Waals surface area contributed by atoms with E-state index in [-0.39, 0.29) is 28.7 Å². The number of hydrogen-bond donors (Lipinski definition) is 2. The molecule has 3 atom stereocenters. The van der Waals surface area contributed by atoms with Crippen molar-refractivity contribution in [1.82, 2.24) is 10.2 Å². The molecule has 6 nitrogen and oxygen atoms in total. The first-order chi connectivity index (χ1) is 16.6. The van der Waals surface area contributed by atoms with Crippen LogP contribution in [-0.4, -0.2) is 49.3 Å². The summed E-state index contributed by atoms with van der Waals surface area (Å²) in [5.74, 6) is 0.133. The van der Waals surface area contributed by atoms with Crippen molar-refractivity contribution in [2.75, 3.05) is 26.1 Å². The Balaban J connectivity index is 1.57. The summed E-state index contributed by atoms with van der Waals surface area (Å²) in [6.07, 6.45) is 3.43. The molecule has 4 rings (SSSR count). The van der Waals surface area contributed by atoms with Crippen LogP contribution in [0, 0.1) is 11.6 Å². The number of nitrogens with one attached hydrogen (secondary N) is 2. The smallest absolute Gasteiger partial charge is 0.319 e. The van der Waals surface area contributed by atoms with Gasteiger partial charge in [-0.05, 0) is 82.8 Å². The van der Waals surface area contributed by atoms with Crippen LogP contribution in [0.25, 0.3) is 0 Å². The first kappa shape index (κ1) is 25.2. The van der Waals surface area contributed by atoms with E-state index in [0.29, 0.717) is 11.5 Å². The summed E-state index contributed by atoms with van der Waals surface area (Å²) in [6, 6.07) is 8.77. The summed E-state index contributed by atoms with van der Waals surface area (Å²) in [4.78, 5) is 15.2. The number of amides is 2. The zero-order valence-electron chi connectivity index (χ0n) is 21.1. The quantitative estimate of drug-likeness (QED) is 0.587. The normalized spacial score (nSPS) is 24.5. The first-order valence-electron chi connectivity index (χ1n) is 12.1. The van der Waals surface area contributed by atoms with Crippen LogP contribution >= 0.6 is 0 Å². The Morgan fingerprint density at radius 1 is 1.06 bits per heavy atom. The van der Waals surface area contributed by atoms with Crippen LogP contribution in [0.15, 0.2) is 36.4 Å². The molecule has 1 saturated heterocycles. The van der Waals surface area contributed by atoms with Crippen molar-refractivity contribution in [2.45, 2.75) is 69.5 Å². The summed E-state index contributed by atoms with van der Waals surface area (Å²) in [7, 11) is 3.28. The monoisotopic (exact) mass is 487 g/mol. The van der Waals surface area contributed by atoms with E-state index < -0.39 is 17.7 Å². The van der Waals surface area contributed by atoms with Crippen molar-refractivity contribution < 1.29 is 23.0 Å². The topological polar surface area (TPSA) is 62.8 Å². The van der Waals surface area contributed by atoms with Gasteiger partial charge in [0.1, 0.15) is 11.6 Å². The molecule has 2 aromatic carbocycles. The Hall–Kier alpha value is -2.87. The third kappa shape index (κ3) is 4.94. The van der Waals surface area contributed by atoms with Gasteiger partial charge in [0.2, 0.25) is 0 Å². The largest absolute Gasteiger partial charge is 0.493 e. The fourth-order valence-corrected chi connectivity index (χ4v) is 5.90. The lowest BCUT2D eigenvalue weighted by molar-refractivity contribution is 0.0655. The molecule has 1 aliphatic carbocycles. The Labute approximate surface area is 206 Å². The van der Waals surface area contributed by atoms with Crippen LogP contribution in [0.4, 0.5) is 19.3 Å². The Morgan fingerprint density at radius 2 is 1.80 bits per heavy atom. The maximum atomic E-state index is 14.0. The SMILES string of the molecule is COc1ccc(C23CCC(NC(=O)Nc4cc(F)ccc4F)CC2N(C(C)(C)C)CC3)cc1OC. The first-order valence-corrected chi connectivity index (χ1v) is 12.1. The molecule has 0 radical (unpaired) electrons.